The van der Waals surface area contributed by atoms with Gasteiger partial charge in [-0.05, 0) is 43.2 Å². The number of methoxy groups -OCH3 is 1. The quantitative estimate of drug-likeness (QED) is 0.737. The molecule has 1 amide bonds. The molecule has 0 bridgehead atoms. The molecule has 1 fully saturated rings. The summed E-state index contributed by atoms with van der Waals surface area (Å²) in [6, 6.07) is 7.98. The molecule has 7 nitrogen and oxygen atoms in total. The summed E-state index contributed by atoms with van der Waals surface area (Å²) in [5.41, 5.74) is 1.31. The van der Waals surface area contributed by atoms with Crippen LogP contribution in [0.1, 0.15) is 33.6 Å². The fourth-order valence-electron chi connectivity index (χ4n) is 2.76. The lowest BCUT2D eigenvalue weighted by molar-refractivity contribution is 0.0600. The summed E-state index contributed by atoms with van der Waals surface area (Å²) in [5.74, 6) is -0.237. The molecule has 8 heteroatoms. The Balaban J connectivity index is 1.70. The minimum atomic E-state index is -0.468. The van der Waals surface area contributed by atoms with Crippen LogP contribution in [-0.4, -0.2) is 43.2 Å². The number of hydrogen-bond donors (Lipinski definition) is 2. The number of nitrogens with one attached hydrogen (secondary N) is 2. The van der Waals surface area contributed by atoms with Gasteiger partial charge < -0.3 is 20.1 Å². The van der Waals surface area contributed by atoms with E-state index in [1.807, 2.05) is 0 Å². The highest BCUT2D eigenvalue weighted by Gasteiger charge is 2.17. The Morgan fingerprint density at radius 2 is 2.15 bits per heavy atom. The van der Waals surface area contributed by atoms with Crippen molar-refractivity contribution in [1.82, 2.24) is 10.3 Å². The van der Waals surface area contributed by atoms with E-state index in [4.69, 9.17) is 21.1 Å². The van der Waals surface area contributed by atoms with Gasteiger partial charge in [0.15, 0.2) is 0 Å². The smallest absolute Gasteiger partial charge is 0.337 e. The van der Waals surface area contributed by atoms with E-state index in [1.165, 1.54) is 13.3 Å². The number of carbonyl (C=O) groups excluding carboxylic acids is 2. The van der Waals surface area contributed by atoms with Gasteiger partial charge in [0.25, 0.3) is 5.91 Å². The van der Waals surface area contributed by atoms with E-state index in [0.29, 0.717) is 34.2 Å². The van der Waals surface area contributed by atoms with Gasteiger partial charge in [0, 0.05) is 24.9 Å². The molecule has 27 heavy (non-hydrogen) atoms. The molecule has 1 aromatic carbocycles. The molecule has 1 aromatic heterocycles. The van der Waals surface area contributed by atoms with Crippen molar-refractivity contribution < 1.29 is 19.1 Å². The largest absolute Gasteiger partial charge is 0.465 e. The summed E-state index contributed by atoms with van der Waals surface area (Å²) in [5, 5.41) is 6.31. The second-order valence-corrected chi connectivity index (χ2v) is 6.49. The molecule has 1 aliphatic rings. The molecule has 1 saturated heterocycles. The van der Waals surface area contributed by atoms with Crippen LogP contribution in [-0.2, 0) is 9.47 Å². The molecule has 0 spiro atoms. The first kappa shape index (κ1) is 19.1. The zero-order valence-corrected chi connectivity index (χ0v) is 15.6. The number of ether oxygens (including phenoxy) is 2. The summed E-state index contributed by atoms with van der Waals surface area (Å²) in [7, 11) is 1.31. The fraction of sp³-hybridized carbons (Fsp3) is 0.316. The van der Waals surface area contributed by atoms with Gasteiger partial charge in [-0.2, -0.15) is 0 Å². The molecule has 1 unspecified atom stereocenters. The Hall–Kier alpha value is -2.64. The van der Waals surface area contributed by atoms with Gasteiger partial charge >= 0.3 is 5.97 Å². The first-order valence-electron chi connectivity index (χ1n) is 8.57. The van der Waals surface area contributed by atoms with E-state index in [0.717, 1.165) is 19.4 Å². The van der Waals surface area contributed by atoms with Crippen molar-refractivity contribution in [2.24, 2.45) is 0 Å². The SMILES string of the molecule is COC(=O)c1ccc(Cl)c(Nc2cc(C(=O)NCC3CCCO3)ccn2)c1. The van der Waals surface area contributed by atoms with Crippen LogP contribution in [0.5, 0.6) is 0 Å². The molecule has 142 valence electrons. The van der Waals surface area contributed by atoms with Crippen molar-refractivity contribution in [1.29, 1.82) is 0 Å². The predicted octanol–water partition coefficient (Wildman–Crippen LogP) is 3.17. The number of nitrogens with zero attached hydrogens (tertiary/aromatic N) is 1. The molecule has 0 radical (unpaired) electrons. The molecule has 3 rings (SSSR count). The first-order valence-corrected chi connectivity index (χ1v) is 8.95. The summed E-state index contributed by atoms with van der Waals surface area (Å²) < 4.78 is 10.2. The Kier molecular flexibility index (Phi) is 6.26. The minimum absolute atomic E-state index is 0.0771. The molecular weight excluding hydrogens is 370 g/mol. The average molecular weight is 390 g/mol. The number of aromatic nitrogens is 1. The van der Waals surface area contributed by atoms with Crippen LogP contribution >= 0.6 is 11.6 Å². The van der Waals surface area contributed by atoms with Crippen LogP contribution < -0.4 is 10.6 Å². The maximum Gasteiger partial charge on any atom is 0.337 e. The van der Waals surface area contributed by atoms with Crippen LogP contribution in [0.3, 0.4) is 0 Å². The third kappa shape index (κ3) is 4.96. The number of rotatable bonds is 6. The Morgan fingerprint density at radius 1 is 1.30 bits per heavy atom. The number of anilines is 2. The highest BCUT2D eigenvalue weighted by Crippen LogP contribution is 2.26. The Morgan fingerprint density at radius 3 is 2.89 bits per heavy atom. The van der Waals surface area contributed by atoms with Gasteiger partial charge in [-0.25, -0.2) is 9.78 Å². The number of halogens is 1. The third-order valence-corrected chi connectivity index (χ3v) is 4.52. The van der Waals surface area contributed by atoms with Crippen molar-refractivity contribution in [2.45, 2.75) is 18.9 Å². The molecular formula is C19H20ClN3O4. The molecule has 2 heterocycles. The van der Waals surface area contributed by atoms with E-state index in [1.54, 1.807) is 30.3 Å². The minimum Gasteiger partial charge on any atom is -0.465 e. The van der Waals surface area contributed by atoms with Gasteiger partial charge in [0.1, 0.15) is 5.82 Å². The summed E-state index contributed by atoms with van der Waals surface area (Å²) in [4.78, 5) is 28.2. The molecule has 1 atom stereocenters. The summed E-state index contributed by atoms with van der Waals surface area (Å²) in [6.45, 7) is 1.23. The number of amides is 1. The fourth-order valence-corrected chi connectivity index (χ4v) is 2.92. The second kappa shape index (κ2) is 8.83. The predicted molar refractivity (Wildman–Crippen MR) is 102 cm³/mol. The lowest BCUT2D eigenvalue weighted by atomic mass is 10.2. The van der Waals surface area contributed by atoms with Crippen LogP contribution in [0.15, 0.2) is 36.5 Å². The van der Waals surface area contributed by atoms with Crippen LogP contribution in [0, 0.1) is 0 Å². The van der Waals surface area contributed by atoms with Crippen LogP contribution in [0.4, 0.5) is 11.5 Å². The normalized spacial score (nSPS) is 16.0. The highest BCUT2D eigenvalue weighted by atomic mass is 35.5. The summed E-state index contributed by atoms with van der Waals surface area (Å²) >= 11 is 6.18. The first-order chi connectivity index (χ1) is 13.1. The van der Waals surface area contributed by atoms with Gasteiger partial charge in [0.2, 0.25) is 0 Å². The zero-order chi connectivity index (χ0) is 19.2. The monoisotopic (exact) mass is 389 g/mol. The van der Waals surface area contributed by atoms with Crippen molar-refractivity contribution in [3.63, 3.8) is 0 Å². The van der Waals surface area contributed by atoms with E-state index < -0.39 is 5.97 Å². The van der Waals surface area contributed by atoms with Crippen molar-refractivity contribution in [3.8, 4) is 0 Å². The Bertz CT molecular complexity index is 837. The van der Waals surface area contributed by atoms with Crippen LogP contribution in [0.25, 0.3) is 0 Å². The standard InChI is InChI=1S/C19H20ClN3O4/c1-26-19(25)13-4-5-15(20)16(9-13)23-17-10-12(6-7-21-17)18(24)22-11-14-3-2-8-27-14/h4-7,9-10,14H,2-3,8,11H2,1H3,(H,21,23)(H,22,24). The number of pyridine rings is 1. The summed E-state index contributed by atoms with van der Waals surface area (Å²) in [6.07, 6.45) is 3.59. The molecule has 2 aromatic rings. The van der Waals surface area contributed by atoms with Gasteiger partial charge in [0.05, 0.1) is 29.5 Å². The van der Waals surface area contributed by atoms with Gasteiger partial charge in [-0.3, -0.25) is 4.79 Å². The lowest BCUT2D eigenvalue weighted by Gasteiger charge is -2.12. The number of carbonyl (C=O) groups is 2. The zero-order valence-electron chi connectivity index (χ0n) is 14.8. The van der Waals surface area contributed by atoms with E-state index in [9.17, 15) is 9.59 Å². The van der Waals surface area contributed by atoms with Crippen LogP contribution in [0.2, 0.25) is 5.02 Å². The highest BCUT2D eigenvalue weighted by molar-refractivity contribution is 6.33. The molecule has 0 aliphatic carbocycles. The van der Waals surface area contributed by atoms with Gasteiger partial charge in [-0.1, -0.05) is 11.6 Å². The van der Waals surface area contributed by atoms with E-state index >= 15 is 0 Å². The third-order valence-electron chi connectivity index (χ3n) is 4.19. The molecule has 2 N–H and O–H groups in total. The van der Waals surface area contributed by atoms with Crippen molar-refractivity contribution in [3.05, 3.63) is 52.7 Å². The van der Waals surface area contributed by atoms with E-state index in [2.05, 4.69) is 15.6 Å². The maximum absolute atomic E-state index is 12.3. The average Bonchev–Trinajstić information content (AvgIpc) is 3.21. The lowest BCUT2D eigenvalue weighted by Crippen LogP contribution is -2.31. The molecule has 1 aliphatic heterocycles. The topological polar surface area (TPSA) is 89.5 Å². The van der Waals surface area contributed by atoms with Crippen molar-refractivity contribution >= 4 is 35.0 Å². The van der Waals surface area contributed by atoms with Gasteiger partial charge in [-0.15, -0.1) is 0 Å². The maximum atomic E-state index is 12.3. The van der Waals surface area contributed by atoms with Crippen molar-refractivity contribution in [2.75, 3.05) is 25.6 Å². The second-order valence-electron chi connectivity index (χ2n) is 6.09. The van der Waals surface area contributed by atoms with E-state index in [-0.39, 0.29) is 12.0 Å². The Labute approximate surface area is 162 Å². The molecule has 0 saturated carbocycles. The number of benzene rings is 1. The number of hydrogen-bond acceptors (Lipinski definition) is 6. The number of esters is 1.